The zero-order chi connectivity index (χ0) is 12.9. The van der Waals surface area contributed by atoms with Gasteiger partial charge in [0.1, 0.15) is 0 Å². The highest BCUT2D eigenvalue weighted by Crippen LogP contribution is 2.18. The van der Waals surface area contributed by atoms with Crippen molar-refractivity contribution in [2.24, 2.45) is 0 Å². The van der Waals surface area contributed by atoms with Crippen molar-refractivity contribution in [1.82, 2.24) is 0 Å². The maximum absolute atomic E-state index is 11.9. The number of ether oxygens (including phenoxy) is 2. The van der Waals surface area contributed by atoms with Crippen LogP contribution in [-0.2, 0) is 24.1 Å². The number of sulfone groups is 1. The van der Waals surface area contributed by atoms with Crippen LogP contribution in [0.25, 0.3) is 0 Å². The number of rotatable bonds is 6. The molecule has 6 heteroatoms. The number of hydrogen-bond acceptors (Lipinski definition) is 5. The van der Waals surface area contributed by atoms with Crippen molar-refractivity contribution in [2.75, 3.05) is 19.5 Å². The summed E-state index contributed by atoms with van der Waals surface area (Å²) in [5.74, 6) is -0.409. The van der Waals surface area contributed by atoms with Crippen LogP contribution in [0.3, 0.4) is 0 Å². The Bertz CT molecular complexity index is 343. The molecule has 0 amide bonds. The monoisotopic (exact) mass is 264 g/mol. The van der Waals surface area contributed by atoms with Gasteiger partial charge in [0, 0.05) is 6.61 Å². The van der Waals surface area contributed by atoms with Gasteiger partial charge in [0.05, 0.1) is 30.6 Å². The molecule has 0 N–H and O–H groups in total. The van der Waals surface area contributed by atoms with Gasteiger partial charge in [0.25, 0.3) is 0 Å². The molecule has 5 nitrogen and oxygen atoms in total. The first-order valence-electron chi connectivity index (χ1n) is 5.85. The second kappa shape index (κ2) is 6.35. The van der Waals surface area contributed by atoms with Crippen LogP contribution >= 0.6 is 0 Å². The molecule has 0 aromatic rings. The molecule has 1 saturated heterocycles. The van der Waals surface area contributed by atoms with Gasteiger partial charge in [-0.3, -0.25) is 4.79 Å². The molecule has 2 atom stereocenters. The van der Waals surface area contributed by atoms with Crippen molar-refractivity contribution in [3.05, 3.63) is 0 Å². The number of carbonyl (C=O) groups is 1. The molecule has 1 heterocycles. The second-order valence-electron chi connectivity index (χ2n) is 4.38. The van der Waals surface area contributed by atoms with Gasteiger partial charge in [0.15, 0.2) is 9.84 Å². The largest absolute Gasteiger partial charge is 0.469 e. The number of hydrogen-bond donors (Lipinski definition) is 0. The lowest BCUT2D eigenvalue weighted by molar-refractivity contribution is -0.140. The minimum Gasteiger partial charge on any atom is -0.469 e. The molecule has 0 saturated carbocycles. The van der Waals surface area contributed by atoms with Crippen LogP contribution in [0.2, 0.25) is 0 Å². The van der Waals surface area contributed by atoms with Gasteiger partial charge in [0.2, 0.25) is 0 Å². The highest BCUT2D eigenvalue weighted by molar-refractivity contribution is 7.92. The van der Waals surface area contributed by atoms with Crippen LogP contribution in [0.4, 0.5) is 0 Å². The fourth-order valence-corrected chi connectivity index (χ4v) is 3.20. The van der Waals surface area contributed by atoms with Crippen LogP contribution in [0.15, 0.2) is 0 Å². The summed E-state index contributed by atoms with van der Waals surface area (Å²) in [4.78, 5) is 11.0. The third kappa shape index (κ3) is 4.63. The van der Waals surface area contributed by atoms with Crippen molar-refractivity contribution in [3.63, 3.8) is 0 Å². The SMILES string of the molecule is COC(=O)CC(C)S(=O)(=O)CCC1CCCO1. The fourth-order valence-electron chi connectivity index (χ4n) is 1.81. The van der Waals surface area contributed by atoms with E-state index in [9.17, 15) is 13.2 Å². The fraction of sp³-hybridized carbons (Fsp3) is 0.909. The maximum Gasteiger partial charge on any atom is 0.306 e. The first kappa shape index (κ1) is 14.4. The van der Waals surface area contributed by atoms with E-state index in [0.29, 0.717) is 6.42 Å². The maximum atomic E-state index is 11.9. The predicted octanol–water partition coefficient (Wildman–Crippen LogP) is 0.922. The van der Waals surface area contributed by atoms with E-state index in [0.717, 1.165) is 19.4 Å². The van der Waals surface area contributed by atoms with E-state index in [1.165, 1.54) is 7.11 Å². The van der Waals surface area contributed by atoms with E-state index in [1.807, 2.05) is 0 Å². The molecule has 1 rings (SSSR count). The summed E-state index contributed by atoms with van der Waals surface area (Å²) >= 11 is 0. The lowest BCUT2D eigenvalue weighted by Crippen LogP contribution is -2.26. The Balaban J connectivity index is 2.40. The molecule has 100 valence electrons. The van der Waals surface area contributed by atoms with Crippen LogP contribution in [0.5, 0.6) is 0 Å². The standard InChI is InChI=1S/C11H20O5S/c1-9(8-11(12)15-2)17(13,14)7-5-10-4-3-6-16-10/h9-10H,3-8H2,1-2H3. The summed E-state index contributed by atoms with van der Waals surface area (Å²) in [5.41, 5.74) is 0. The number of esters is 1. The van der Waals surface area contributed by atoms with Crippen LogP contribution in [-0.4, -0.2) is 45.2 Å². The molecule has 2 unspecified atom stereocenters. The number of carbonyl (C=O) groups excluding carboxylic acids is 1. The van der Waals surface area contributed by atoms with E-state index in [2.05, 4.69) is 4.74 Å². The summed E-state index contributed by atoms with van der Waals surface area (Å²) < 4.78 is 33.6. The summed E-state index contributed by atoms with van der Waals surface area (Å²) in [5, 5.41) is -0.684. The normalized spacial score (nSPS) is 22.4. The third-order valence-corrected chi connectivity index (χ3v) is 5.24. The quantitative estimate of drug-likeness (QED) is 0.667. The third-order valence-electron chi connectivity index (χ3n) is 3.04. The molecule has 17 heavy (non-hydrogen) atoms. The van der Waals surface area contributed by atoms with E-state index in [1.54, 1.807) is 6.92 Å². The molecule has 0 bridgehead atoms. The molecule has 0 aliphatic carbocycles. The molecular weight excluding hydrogens is 244 g/mol. The highest BCUT2D eigenvalue weighted by atomic mass is 32.2. The first-order chi connectivity index (χ1) is 7.95. The van der Waals surface area contributed by atoms with Gasteiger partial charge in [-0.05, 0) is 26.2 Å². The van der Waals surface area contributed by atoms with Gasteiger partial charge < -0.3 is 9.47 Å². The van der Waals surface area contributed by atoms with Crippen LogP contribution in [0, 0.1) is 0 Å². The van der Waals surface area contributed by atoms with Gasteiger partial charge in [-0.15, -0.1) is 0 Å². The summed E-state index contributed by atoms with van der Waals surface area (Å²) in [6.07, 6.45) is 2.44. The van der Waals surface area contributed by atoms with E-state index in [-0.39, 0.29) is 18.3 Å². The van der Waals surface area contributed by atoms with Gasteiger partial charge in [-0.25, -0.2) is 8.42 Å². The van der Waals surface area contributed by atoms with Gasteiger partial charge >= 0.3 is 5.97 Å². The topological polar surface area (TPSA) is 69.7 Å². The number of methoxy groups -OCH3 is 1. The van der Waals surface area contributed by atoms with Crippen molar-refractivity contribution < 1.29 is 22.7 Å². The minimum atomic E-state index is -3.23. The molecule has 0 spiro atoms. The molecule has 0 aromatic carbocycles. The zero-order valence-corrected chi connectivity index (χ0v) is 11.2. The lowest BCUT2D eigenvalue weighted by Gasteiger charge is -2.13. The molecule has 1 aliphatic rings. The molecule has 1 aliphatic heterocycles. The Hall–Kier alpha value is -0.620. The molecule has 0 aromatic heterocycles. The minimum absolute atomic E-state index is 0.0649. The van der Waals surface area contributed by atoms with Gasteiger partial charge in [-0.2, -0.15) is 0 Å². The van der Waals surface area contributed by atoms with Crippen LogP contribution < -0.4 is 0 Å². The Morgan fingerprint density at radius 2 is 2.24 bits per heavy atom. The Morgan fingerprint density at radius 1 is 1.53 bits per heavy atom. The highest BCUT2D eigenvalue weighted by Gasteiger charge is 2.26. The molecular formula is C11H20O5S. The average Bonchev–Trinajstić information content (AvgIpc) is 2.79. The van der Waals surface area contributed by atoms with Gasteiger partial charge in [-0.1, -0.05) is 0 Å². The summed E-state index contributed by atoms with van der Waals surface area (Å²) in [6, 6.07) is 0. The van der Waals surface area contributed by atoms with Crippen molar-refractivity contribution in [1.29, 1.82) is 0 Å². The predicted molar refractivity (Wildman–Crippen MR) is 63.5 cm³/mol. The molecule has 0 radical (unpaired) electrons. The van der Waals surface area contributed by atoms with Crippen molar-refractivity contribution >= 4 is 15.8 Å². The Labute approximate surface area is 102 Å². The van der Waals surface area contributed by atoms with E-state index >= 15 is 0 Å². The summed E-state index contributed by atoms with van der Waals surface area (Å²) in [6.45, 7) is 2.27. The Morgan fingerprint density at radius 3 is 2.76 bits per heavy atom. The zero-order valence-electron chi connectivity index (χ0n) is 10.3. The smallest absolute Gasteiger partial charge is 0.306 e. The molecule has 1 fully saturated rings. The van der Waals surface area contributed by atoms with E-state index < -0.39 is 21.1 Å². The van der Waals surface area contributed by atoms with Crippen molar-refractivity contribution in [2.45, 2.75) is 44.0 Å². The average molecular weight is 264 g/mol. The van der Waals surface area contributed by atoms with Crippen LogP contribution in [0.1, 0.15) is 32.6 Å². The summed E-state index contributed by atoms with van der Waals surface area (Å²) in [7, 11) is -1.98. The first-order valence-corrected chi connectivity index (χ1v) is 7.57. The second-order valence-corrected chi connectivity index (χ2v) is 6.92. The van der Waals surface area contributed by atoms with E-state index in [4.69, 9.17) is 4.74 Å². The Kier molecular flexibility index (Phi) is 5.39. The lowest BCUT2D eigenvalue weighted by atomic mass is 10.2. The van der Waals surface area contributed by atoms with Crippen molar-refractivity contribution in [3.8, 4) is 0 Å².